The van der Waals surface area contributed by atoms with E-state index in [4.69, 9.17) is 12.2 Å². The molecular weight excluding hydrogens is 497 g/mol. The number of rotatable bonds is 7. The molecule has 0 radical (unpaired) electrons. The predicted molar refractivity (Wildman–Crippen MR) is 152 cm³/mol. The van der Waals surface area contributed by atoms with E-state index in [0.717, 1.165) is 28.3 Å². The van der Waals surface area contributed by atoms with Crippen molar-refractivity contribution in [3.8, 4) is 5.69 Å². The summed E-state index contributed by atoms with van der Waals surface area (Å²) in [7, 11) is 0. The molecule has 3 heterocycles. The van der Waals surface area contributed by atoms with Crippen LogP contribution in [0.5, 0.6) is 0 Å². The first-order valence-corrected chi connectivity index (χ1v) is 13.0. The molecule has 2 aromatic carbocycles. The summed E-state index contributed by atoms with van der Waals surface area (Å²) in [6.07, 6.45) is 2.01. The summed E-state index contributed by atoms with van der Waals surface area (Å²) in [4.78, 5) is 19.5. The molecule has 2 atom stereocenters. The van der Waals surface area contributed by atoms with Gasteiger partial charge in [-0.05, 0) is 98.7 Å². The number of amides is 1. The van der Waals surface area contributed by atoms with Crippen LogP contribution in [-0.2, 0) is 4.79 Å². The van der Waals surface area contributed by atoms with Crippen molar-refractivity contribution >= 4 is 28.9 Å². The maximum Gasteiger partial charge on any atom is 0.226 e. The Morgan fingerprint density at radius 3 is 2.55 bits per heavy atom. The number of pyridine rings is 1. The number of thiocarbonyl (C=S) groups is 1. The molecule has 2 aromatic heterocycles. The zero-order chi connectivity index (χ0) is 26.8. The van der Waals surface area contributed by atoms with Crippen molar-refractivity contribution in [2.45, 2.75) is 39.3 Å². The molecule has 0 unspecified atom stereocenters. The quantitative estimate of drug-likeness (QED) is 0.292. The van der Waals surface area contributed by atoms with Gasteiger partial charge in [0.1, 0.15) is 5.82 Å². The summed E-state index contributed by atoms with van der Waals surface area (Å²) < 4.78 is 15.5. The van der Waals surface area contributed by atoms with Gasteiger partial charge in [0.05, 0.1) is 17.8 Å². The van der Waals surface area contributed by atoms with E-state index in [1.807, 2.05) is 18.2 Å². The van der Waals surface area contributed by atoms with Gasteiger partial charge in [-0.3, -0.25) is 9.78 Å². The standard InChI is InChI=1S/C30H30FN5OS/c1-19-7-6-8-24(17-19)36-20(2)18-25(21(36)3)29-28(26-9-4-5-15-32-26)34-30(38)35(29)16-14-27(37)33-23-12-10-22(31)11-13-23/h4-13,15,17-18,28-29H,14,16H2,1-3H3,(H,33,37)(H,34,38)/t28-,29+/m1/s1. The summed E-state index contributed by atoms with van der Waals surface area (Å²) in [6, 6.07) is 22.0. The van der Waals surface area contributed by atoms with Crippen LogP contribution in [0, 0.1) is 26.6 Å². The van der Waals surface area contributed by atoms with Gasteiger partial charge in [-0.1, -0.05) is 18.2 Å². The van der Waals surface area contributed by atoms with Gasteiger partial charge < -0.3 is 20.1 Å². The number of aromatic nitrogens is 2. The Morgan fingerprint density at radius 1 is 1.05 bits per heavy atom. The van der Waals surface area contributed by atoms with Crippen molar-refractivity contribution in [3.05, 3.63) is 113 Å². The molecule has 1 aliphatic heterocycles. The zero-order valence-electron chi connectivity index (χ0n) is 21.6. The van der Waals surface area contributed by atoms with Crippen molar-refractivity contribution < 1.29 is 9.18 Å². The summed E-state index contributed by atoms with van der Waals surface area (Å²) in [5, 5.41) is 6.89. The van der Waals surface area contributed by atoms with Gasteiger partial charge in [-0.2, -0.15) is 0 Å². The molecule has 8 heteroatoms. The molecule has 0 bridgehead atoms. The van der Waals surface area contributed by atoms with E-state index >= 15 is 0 Å². The normalized spacial score (nSPS) is 16.9. The molecular formula is C30H30FN5OS. The summed E-state index contributed by atoms with van der Waals surface area (Å²) in [5.41, 5.74) is 7.12. The highest BCUT2D eigenvalue weighted by Crippen LogP contribution is 2.41. The molecule has 5 rings (SSSR count). The van der Waals surface area contributed by atoms with Crippen molar-refractivity contribution in [1.82, 2.24) is 19.8 Å². The SMILES string of the molecule is Cc1cccc(-n2c(C)cc([C@H]3[C@@H](c4ccccn4)NC(=S)N3CCC(=O)Nc3ccc(F)cc3)c2C)c1. The third-order valence-electron chi connectivity index (χ3n) is 6.95. The molecule has 1 aliphatic rings. The number of nitrogens with zero attached hydrogens (tertiary/aromatic N) is 3. The van der Waals surface area contributed by atoms with Crippen molar-refractivity contribution in [1.29, 1.82) is 0 Å². The minimum Gasteiger partial charge on any atom is -0.352 e. The van der Waals surface area contributed by atoms with Crippen molar-refractivity contribution in [2.75, 3.05) is 11.9 Å². The number of aryl methyl sites for hydroxylation is 2. The van der Waals surface area contributed by atoms with E-state index < -0.39 is 0 Å². The van der Waals surface area contributed by atoms with Crippen molar-refractivity contribution in [3.63, 3.8) is 0 Å². The lowest BCUT2D eigenvalue weighted by Crippen LogP contribution is -2.32. The average Bonchev–Trinajstić information content (AvgIpc) is 3.39. The Bertz CT molecular complexity index is 1470. The highest BCUT2D eigenvalue weighted by molar-refractivity contribution is 7.80. The van der Waals surface area contributed by atoms with E-state index in [2.05, 4.69) is 76.2 Å². The lowest BCUT2D eigenvalue weighted by atomic mass is 9.96. The Labute approximate surface area is 227 Å². The molecule has 1 saturated heterocycles. The third kappa shape index (κ3) is 5.17. The van der Waals surface area contributed by atoms with Crippen molar-refractivity contribution in [2.24, 2.45) is 0 Å². The number of carbonyl (C=O) groups is 1. The van der Waals surface area contributed by atoms with Gasteiger partial charge in [-0.25, -0.2) is 4.39 Å². The molecule has 6 nitrogen and oxygen atoms in total. The summed E-state index contributed by atoms with van der Waals surface area (Å²) >= 11 is 5.79. The van der Waals surface area contributed by atoms with Gasteiger partial charge in [0.2, 0.25) is 5.91 Å². The summed E-state index contributed by atoms with van der Waals surface area (Å²) in [5.74, 6) is -0.507. The van der Waals surface area contributed by atoms with Crippen LogP contribution in [0.3, 0.4) is 0 Å². The fourth-order valence-electron chi connectivity index (χ4n) is 5.21. The molecule has 2 N–H and O–H groups in total. The van der Waals surface area contributed by atoms with Gasteiger partial charge in [0.25, 0.3) is 0 Å². The minimum atomic E-state index is -0.344. The molecule has 38 heavy (non-hydrogen) atoms. The van der Waals surface area contributed by atoms with Crippen LogP contribution in [0.1, 0.15) is 46.7 Å². The number of carbonyl (C=O) groups excluding carboxylic acids is 1. The number of nitrogens with one attached hydrogen (secondary N) is 2. The van der Waals surface area contributed by atoms with Gasteiger partial charge in [0, 0.05) is 41.9 Å². The second-order valence-corrected chi connectivity index (χ2v) is 10.0. The molecule has 1 amide bonds. The summed E-state index contributed by atoms with van der Waals surface area (Å²) in [6.45, 7) is 6.74. The lowest BCUT2D eigenvalue weighted by Gasteiger charge is -2.28. The number of halogens is 1. The first-order valence-electron chi connectivity index (χ1n) is 12.6. The van der Waals surface area contributed by atoms with E-state index in [1.54, 1.807) is 18.3 Å². The van der Waals surface area contributed by atoms with E-state index in [1.165, 1.54) is 17.7 Å². The third-order valence-corrected chi connectivity index (χ3v) is 7.31. The van der Waals surface area contributed by atoms with Crippen LogP contribution in [0.25, 0.3) is 5.69 Å². The Morgan fingerprint density at radius 2 is 1.84 bits per heavy atom. The average molecular weight is 528 g/mol. The minimum absolute atomic E-state index is 0.152. The topological polar surface area (TPSA) is 62.2 Å². The van der Waals surface area contributed by atoms with Crippen LogP contribution >= 0.6 is 12.2 Å². The zero-order valence-corrected chi connectivity index (χ0v) is 22.4. The highest BCUT2D eigenvalue weighted by Gasteiger charge is 2.41. The maximum atomic E-state index is 13.2. The monoisotopic (exact) mass is 527 g/mol. The fraction of sp³-hybridized carbons (Fsp3) is 0.233. The van der Waals surface area contributed by atoms with Gasteiger partial charge in [0.15, 0.2) is 5.11 Å². The second kappa shape index (κ2) is 10.8. The number of anilines is 1. The number of hydrogen-bond acceptors (Lipinski definition) is 3. The first kappa shape index (κ1) is 25.6. The van der Waals surface area contributed by atoms with Crippen LogP contribution in [0.15, 0.2) is 79.0 Å². The maximum absolute atomic E-state index is 13.2. The predicted octanol–water partition coefficient (Wildman–Crippen LogP) is 5.94. The Balaban J connectivity index is 1.46. The highest BCUT2D eigenvalue weighted by atomic mass is 32.1. The van der Waals surface area contributed by atoms with E-state index in [0.29, 0.717) is 17.3 Å². The number of benzene rings is 2. The van der Waals surface area contributed by atoms with Crippen LogP contribution in [0.2, 0.25) is 0 Å². The van der Waals surface area contributed by atoms with Gasteiger partial charge >= 0.3 is 0 Å². The number of hydrogen-bond donors (Lipinski definition) is 2. The Hall–Kier alpha value is -4.04. The van der Waals surface area contributed by atoms with Crippen LogP contribution in [-0.4, -0.2) is 32.0 Å². The lowest BCUT2D eigenvalue weighted by molar-refractivity contribution is -0.116. The molecule has 4 aromatic rings. The van der Waals surface area contributed by atoms with E-state index in [-0.39, 0.29) is 30.2 Å². The van der Waals surface area contributed by atoms with Gasteiger partial charge in [-0.15, -0.1) is 0 Å². The van der Waals surface area contributed by atoms with Crippen LogP contribution in [0.4, 0.5) is 10.1 Å². The molecule has 194 valence electrons. The molecule has 0 saturated carbocycles. The second-order valence-electron chi connectivity index (χ2n) is 9.63. The first-order chi connectivity index (χ1) is 18.3. The molecule has 0 aliphatic carbocycles. The van der Waals surface area contributed by atoms with E-state index in [9.17, 15) is 9.18 Å². The molecule has 0 spiro atoms. The largest absolute Gasteiger partial charge is 0.352 e. The fourth-order valence-corrected chi connectivity index (χ4v) is 5.55. The Kier molecular flexibility index (Phi) is 7.24. The molecule has 1 fully saturated rings. The smallest absolute Gasteiger partial charge is 0.226 e. The van der Waals surface area contributed by atoms with Crippen LogP contribution < -0.4 is 10.6 Å².